The maximum Gasteiger partial charge on any atom is 0.197 e. The van der Waals surface area contributed by atoms with Gasteiger partial charge in [0.15, 0.2) is 5.78 Å². The highest BCUT2D eigenvalue weighted by Crippen LogP contribution is 2.24. The molecule has 0 aliphatic rings. The van der Waals surface area contributed by atoms with Crippen LogP contribution in [0.3, 0.4) is 0 Å². The molecular weight excluding hydrogens is 216 g/mol. The van der Waals surface area contributed by atoms with Crippen LogP contribution in [0.25, 0.3) is 0 Å². The van der Waals surface area contributed by atoms with E-state index in [0.717, 1.165) is 6.21 Å². The number of carbonyl (C=O) groups is 1. The third kappa shape index (κ3) is 2.95. The molecule has 0 aliphatic heterocycles. The predicted octanol–water partition coefficient (Wildman–Crippen LogP) is 1.49. The van der Waals surface area contributed by atoms with Crippen molar-refractivity contribution in [1.82, 2.24) is 0 Å². The summed E-state index contributed by atoms with van der Waals surface area (Å²) in [5, 5.41) is 2.35. The number of hydrogen-bond donors (Lipinski definition) is 1. The lowest BCUT2D eigenvalue weighted by Crippen LogP contribution is -2.09. The molecule has 1 aromatic rings. The number of rotatable bonds is 4. The summed E-state index contributed by atoms with van der Waals surface area (Å²) in [5.74, 6) is 5.16. The molecule has 1 unspecified atom stereocenters. The Kier molecular flexibility index (Phi) is 4.12. The Bertz CT molecular complexity index is 379. The van der Waals surface area contributed by atoms with Gasteiger partial charge in [-0.05, 0) is 17.7 Å². The van der Waals surface area contributed by atoms with E-state index >= 15 is 0 Å². The molecule has 4 nitrogen and oxygen atoms in total. The Balaban J connectivity index is 2.90. The molecule has 2 N–H and O–H groups in total. The van der Waals surface area contributed by atoms with E-state index in [2.05, 4.69) is 5.10 Å². The van der Waals surface area contributed by atoms with Crippen LogP contribution < -0.4 is 10.6 Å². The first-order valence-corrected chi connectivity index (χ1v) is 4.67. The smallest absolute Gasteiger partial charge is 0.197 e. The second kappa shape index (κ2) is 5.36. The maximum absolute atomic E-state index is 11.3. The summed E-state index contributed by atoms with van der Waals surface area (Å²) < 4.78 is 5.02. The minimum Gasteiger partial charge on any atom is -0.497 e. The lowest BCUT2D eigenvalue weighted by molar-refractivity contribution is -0.112. The Labute approximate surface area is 92.7 Å². The van der Waals surface area contributed by atoms with Crippen molar-refractivity contribution in [2.45, 2.75) is 5.38 Å². The van der Waals surface area contributed by atoms with E-state index in [4.69, 9.17) is 22.2 Å². The number of alkyl halides is 1. The molecule has 0 aromatic heterocycles. The molecule has 0 aliphatic carbocycles. The van der Waals surface area contributed by atoms with Crippen LogP contribution in [-0.2, 0) is 4.79 Å². The standard InChI is InChI=1S/C10H11ClN2O2/c1-15-8-4-2-3-7(5-8)10(11)9(14)6-13-12/h2-6,10H,12H2,1H3. The van der Waals surface area contributed by atoms with E-state index < -0.39 is 5.38 Å². The van der Waals surface area contributed by atoms with E-state index in [-0.39, 0.29) is 5.78 Å². The second-order valence-corrected chi connectivity index (χ2v) is 3.26. The highest BCUT2D eigenvalue weighted by atomic mass is 35.5. The van der Waals surface area contributed by atoms with Crippen molar-refractivity contribution in [2.75, 3.05) is 7.11 Å². The van der Waals surface area contributed by atoms with Gasteiger partial charge in [0.05, 0.1) is 13.3 Å². The normalized spacial score (nSPS) is 12.7. The summed E-state index contributed by atoms with van der Waals surface area (Å²) in [6.45, 7) is 0. The van der Waals surface area contributed by atoms with Crippen LogP contribution in [0.4, 0.5) is 0 Å². The molecule has 15 heavy (non-hydrogen) atoms. The second-order valence-electron chi connectivity index (χ2n) is 2.82. The highest BCUT2D eigenvalue weighted by molar-refractivity contribution is 6.44. The minimum absolute atomic E-state index is 0.354. The van der Waals surface area contributed by atoms with Gasteiger partial charge in [0, 0.05) is 0 Å². The molecule has 0 fully saturated rings. The number of benzene rings is 1. The van der Waals surface area contributed by atoms with Gasteiger partial charge in [0.25, 0.3) is 0 Å². The average Bonchev–Trinajstić information content (AvgIpc) is 2.28. The van der Waals surface area contributed by atoms with E-state index in [9.17, 15) is 4.79 Å². The number of hydrazone groups is 1. The van der Waals surface area contributed by atoms with Crippen molar-refractivity contribution >= 4 is 23.6 Å². The topological polar surface area (TPSA) is 64.7 Å². The molecule has 0 saturated carbocycles. The van der Waals surface area contributed by atoms with Crippen molar-refractivity contribution in [3.05, 3.63) is 29.8 Å². The highest BCUT2D eigenvalue weighted by Gasteiger charge is 2.15. The molecule has 5 heteroatoms. The van der Waals surface area contributed by atoms with Crippen molar-refractivity contribution in [1.29, 1.82) is 0 Å². The summed E-state index contributed by atoms with van der Waals surface area (Å²) >= 11 is 5.91. The average molecular weight is 227 g/mol. The van der Waals surface area contributed by atoms with E-state index in [0.29, 0.717) is 11.3 Å². The number of nitrogens with zero attached hydrogens (tertiary/aromatic N) is 1. The van der Waals surface area contributed by atoms with Crippen LogP contribution in [-0.4, -0.2) is 19.1 Å². The molecule has 0 saturated heterocycles. The largest absolute Gasteiger partial charge is 0.497 e. The van der Waals surface area contributed by atoms with Gasteiger partial charge >= 0.3 is 0 Å². The lowest BCUT2D eigenvalue weighted by Gasteiger charge is -2.07. The summed E-state index contributed by atoms with van der Waals surface area (Å²) in [6.07, 6.45) is 0.997. The molecule has 0 amide bonds. The number of nitrogens with two attached hydrogens (primary N) is 1. The zero-order valence-corrected chi connectivity index (χ0v) is 8.94. The number of methoxy groups -OCH3 is 1. The zero-order chi connectivity index (χ0) is 11.3. The van der Waals surface area contributed by atoms with Crippen molar-refractivity contribution in [3.63, 3.8) is 0 Å². The van der Waals surface area contributed by atoms with Gasteiger partial charge in [0.2, 0.25) is 0 Å². The molecule has 1 atom stereocenters. The van der Waals surface area contributed by atoms with Gasteiger partial charge in [-0.1, -0.05) is 12.1 Å². The molecule has 0 bridgehead atoms. The monoisotopic (exact) mass is 226 g/mol. The Morgan fingerprint density at radius 1 is 1.67 bits per heavy atom. The fraction of sp³-hybridized carbons (Fsp3) is 0.200. The van der Waals surface area contributed by atoms with Gasteiger partial charge in [-0.15, -0.1) is 11.6 Å². The summed E-state index contributed by atoms with van der Waals surface area (Å²) in [4.78, 5) is 11.3. The van der Waals surface area contributed by atoms with Gasteiger partial charge < -0.3 is 10.6 Å². The fourth-order valence-electron chi connectivity index (χ4n) is 1.10. The summed E-state index contributed by atoms with van der Waals surface area (Å²) in [7, 11) is 1.55. The van der Waals surface area contributed by atoms with Crippen LogP contribution in [0.2, 0.25) is 0 Å². The van der Waals surface area contributed by atoms with Crippen molar-refractivity contribution in [2.24, 2.45) is 10.9 Å². The first-order chi connectivity index (χ1) is 7.19. The third-order valence-electron chi connectivity index (χ3n) is 1.84. The maximum atomic E-state index is 11.3. The van der Waals surface area contributed by atoms with Gasteiger partial charge in [-0.3, -0.25) is 4.79 Å². The molecule has 0 radical (unpaired) electrons. The first kappa shape index (κ1) is 11.5. The molecule has 0 spiro atoms. The molecule has 1 rings (SSSR count). The number of ketones is 1. The molecule has 80 valence electrons. The minimum atomic E-state index is -0.785. The van der Waals surface area contributed by atoms with Gasteiger partial charge in [0.1, 0.15) is 11.1 Å². The van der Waals surface area contributed by atoms with Crippen LogP contribution in [0, 0.1) is 0 Å². The van der Waals surface area contributed by atoms with Gasteiger partial charge in [-0.25, -0.2) is 0 Å². The summed E-state index contributed by atoms with van der Waals surface area (Å²) in [6, 6.07) is 6.97. The van der Waals surface area contributed by atoms with Gasteiger partial charge in [-0.2, -0.15) is 5.10 Å². The van der Waals surface area contributed by atoms with Crippen molar-refractivity contribution in [3.8, 4) is 5.75 Å². The Hall–Kier alpha value is -1.55. The number of ether oxygens (including phenoxy) is 1. The Morgan fingerprint density at radius 2 is 2.40 bits per heavy atom. The first-order valence-electron chi connectivity index (χ1n) is 4.24. The van der Waals surface area contributed by atoms with E-state index in [1.54, 1.807) is 31.4 Å². The van der Waals surface area contributed by atoms with E-state index in [1.165, 1.54) is 0 Å². The van der Waals surface area contributed by atoms with Crippen LogP contribution in [0.1, 0.15) is 10.9 Å². The van der Waals surface area contributed by atoms with Crippen molar-refractivity contribution < 1.29 is 9.53 Å². The number of Topliss-reactive ketones (excluding diaryl/α,β-unsaturated/α-hetero) is 1. The SMILES string of the molecule is COc1cccc(C(Cl)C(=O)C=NN)c1. The predicted molar refractivity (Wildman–Crippen MR) is 59.3 cm³/mol. The van der Waals surface area contributed by atoms with Crippen LogP contribution >= 0.6 is 11.6 Å². The van der Waals surface area contributed by atoms with Crippen LogP contribution in [0.15, 0.2) is 29.4 Å². The molecule has 0 heterocycles. The quantitative estimate of drug-likeness (QED) is 0.366. The molecular formula is C10H11ClN2O2. The molecule has 1 aromatic carbocycles. The summed E-state index contributed by atoms with van der Waals surface area (Å²) in [5.41, 5.74) is 0.654. The number of carbonyl (C=O) groups excluding carboxylic acids is 1. The Morgan fingerprint density at radius 3 is 3.00 bits per heavy atom. The lowest BCUT2D eigenvalue weighted by atomic mass is 10.1. The number of hydrogen-bond acceptors (Lipinski definition) is 4. The number of halogens is 1. The fourth-order valence-corrected chi connectivity index (χ4v) is 1.29. The zero-order valence-electron chi connectivity index (χ0n) is 8.18. The third-order valence-corrected chi connectivity index (χ3v) is 2.31. The van der Waals surface area contributed by atoms with Crippen LogP contribution in [0.5, 0.6) is 5.75 Å². The van der Waals surface area contributed by atoms with E-state index in [1.807, 2.05) is 0 Å².